The van der Waals surface area contributed by atoms with Gasteiger partial charge in [0.1, 0.15) is 5.60 Å². The van der Waals surface area contributed by atoms with Crippen LogP contribution < -0.4 is 5.32 Å². The molecule has 116 valence electrons. The second-order valence-corrected chi connectivity index (χ2v) is 5.98. The second-order valence-electron chi connectivity index (χ2n) is 5.20. The molecule has 0 bridgehead atoms. The number of aromatic carboxylic acids is 1. The van der Waals surface area contributed by atoms with Crippen LogP contribution in [0.25, 0.3) is 0 Å². The molecule has 0 aliphatic rings. The van der Waals surface area contributed by atoms with Crippen LogP contribution >= 0.6 is 11.3 Å². The molecule has 0 spiro atoms. The number of hydrogen-bond donors (Lipinski definition) is 3. The van der Waals surface area contributed by atoms with E-state index in [1.165, 1.54) is 17.4 Å². The number of carbonyl (C=O) groups is 2. The summed E-state index contributed by atoms with van der Waals surface area (Å²) in [6.07, 6.45) is -0.0395. The first-order valence-corrected chi connectivity index (χ1v) is 7.67. The minimum atomic E-state index is -1.15. The fraction of sp³-hybridized carbons (Fsp3) is 0.250. The number of hydrogen-bond acceptors (Lipinski definition) is 4. The van der Waals surface area contributed by atoms with Gasteiger partial charge in [-0.25, -0.2) is 4.79 Å². The van der Waals surface area contributed by atoms with E-state index in [2.05, 4.69) is 5.32 Å². The first-order chi connectivity index (χ1) is 10.4. The van der Waals surface area contributed by atoms with Gasteiger partial charge in [0, 0.05) is 0 Å². The number of benzene rings is 1. The second kappa shape index (κ2) is 6.72. The summed E-state index contributed by atoms with van der Waals surface area (Å²) in [5.74, 6) is -1.39. The van der Waals surface area contributed by atoms with Crippen molar-refractivity contribution < 1.29 is 19.8 Å². The number of carboxylic acid groups (broad SMARTS) is 1. The van der Waals surface area contributed by atoms with Crippen molar-refractivity contribution in [1.29, 1.82) is 0 Å². The van der Waals surface area contributed by atoms with Gasteiger partial charge in [-0.2, -0.15) is 11.3 Å². The first-order valence-electron chi connectivity index (χ1n) is 6.73. The lowest BCUT2D eigenvalue weighted by atomic mass is 9.99. The average molecular weight is 319 g/mol. The molecule has 1 aromatic carbocycles. The van der Waals surface area contributed by atoms with Gasteiger partial charge in [-0.15, -0.1) is 0 Å². The number of aliphatic hydroxyl groups is 1. The maximum absolute atomic E-state index is 12.0. The zero-order valence-electron chi connectivity index (χ0n) is 12.1. The van der Waals surface area contributed by atoms with Gasteiger partial charge in [-0.05, 0) is 40.9 Å². The molecule has 5 nitrogen and oxygen atoms in total. The van der Waals surface area contributed by atoms with E-state index in [0.717, 1.165) is 5.56 Å². The van der Waals surface area contributed by atoms with Gasteiger partial charge in [0.2, 0.25) is 5.91 Å². The average Bonchev–Trinajstić information content (AvgIpc) is 3.01. The van der Waals surface area contributed by atoms with E-state index in [-0.39, 0.29) is 24.4 Å². The van der Waals surface area contributed by atoms with E-state index < -0.39 is 11.6 Å². The number of amides is 1. The van der Waals surface area contributed by atoms with Crippen LogP contribution in [-0.4, -0.2) is 28.6 Å². The van der Waals surface area contributed by atoms with Gasteiger partial charge in [0.15, 0.2) is 0 Å². The van der Waals surface area contributed by atoms with Crippen LogP contribution in [0.5, 0.6) is 0 Å². The molecule has 1 heterocycles. The third-order valence-corrected chi connectivity index (χ3v) is 4.05. The maximum atomic E-state index is 12.0. The lowest BCUT2D eigenvalue weighted by Gasteiger charge is -2.22. The van der Waals surface area contributed by atoms with Gasteiger partial charge < -0.3 is 15.5 Å². The fourth-order valence-electron chi connectivity index (χ4n) is 2.06. The van der Waals surface area contributed by atoms with Crippen LogP contribution in [0.4, 0.5) is 0 Å². The van der Waals surface area contributed by atoms with Crippen LogP contribution in [0.15, 0.2) is 41.1 Å². The summed E-state index contributed by atoms with van der Waals surface area (Å²) in [5, 5.41) is 25.8. The number of rotatable bonds is 6. The monoisotopic (exact) mass is 319 g/mol. The van der Waals surface area contributed by atoms with E-state index in [4.69, 9.17) is 5.11 Å². The largest absolute Gasteiger partial charge is 0.478 e. The van der Waals surface area contributed by atoms with Crippen LogP contribution in [0.3, 0.4) is 0 Å². The Hall–Kier alpha value is -2.18. The molecular formula is C16H17NO4S. The van der Waals surface area contributed by atoms with E-state index in [1.54, 1.807) is 31.2 Å². The van der Waals surface area contributed by atoms with Crippen molar-refractivity contribution in [3.05, 3.63) is 57.8 Å². The van der Waals surface area contributed by atoms with Crippen LogP contribution in [-0.2, 0) is 16.8 Å². The van der Waals surface area contributed by atoms with Crippen molar-refractivity contribution >= 4 is 23.2 Å². The van der Waals surface area contributed by atoms with Gasteiger partial charge in [0.05, 0.1) is 18.5 Å². The molecule has 0 saturated heterocycles. The Morgan fingerprint density at radius 1 is 1.27 bits per heavy atom. The lowest BCUT2D eigenvalue weighted by Crippen LogP contribution is -2.39. The Balaban J connectivity index is 1.98. The van der Waals surface area contributed by atoms with Crippen molar-refractivity contribution in [2.75, 3.05) is 6.54 Å². The van der Waals surface area contributed by atoms with Crippen molar-refractivity contribution in [3.8, 4) is 0 Å². The van der Waals surface area contributed by atoms with E-state index >= 15 is 0 Å². The Morgan fingerprint density at radius 2 is 2.00 bits per heavy atom. The van der Waals surface area contributed by atoms with Crippen LogP contribution in [0.1, 0.15) is 28.4 Å². The molecule has 0 fully saturated rings. The van der Waals surface area contributed by atoms with Crippen LogP contribution in [0.2, 0.25) is 0 Å². The Bertz CT molecular complexity index is 665. The summed E-state index contributed by atoms with van der Waals surface area (Å²) in [6.45, 7) is 1.69. The summed E-state index contributed by atoms with van der Waals surface area (Å²) < 4.78 is 0. The van der Waals surface area contributed by atoms with Gasteiger partial charge in [0.25, 0.3) is 0 Å². The number of carbonyl (C=O) groups excluding carboxylic acids is 1. The quantitative estimate of drug-likeness (QED) is 0.760. The highest BCUT2D eigenvalue weighted by Crippen LogP contribution is 2.22. The highest BCUT2D eigenvalue weighted by Gasteiger charge is 2.24. The predicted molar refractivity (Wildman–Crippen MR) is 84.0 cm³/mol. The summed E-state index contributed by atoms with van der Waals surface area (Å²) in [6, 6.07) is 8.19. The Kier molecular flexibility index (Phi) is 4.95. The van der Waals surface area contributed by atoms with Gasteiger partial charge in [-0.3, -0.25) is 4.79 Å². The standard InChI is InChI=1S/C16H17NO4S/c1-16(21,12-6-7-22-9-12)10-17-14(18)8-11-4-2-3-5-13(11)15(19)20/h2-7,9,21H,8,10H2,1H3,(H,17,18)(H,19,20). The molecule has 0 radical (unpaired) electrons. The lowest BCUT2D eigenvalue weighted by molar-refractivity contribution is -0.121. The Morgan fingerprint density at radius 3 is 2.64 bits per heavy atom. The molecule has 22 heavy (non-hydrogen) atoms. The summed E-state index contributed by atoms with van der Waals surface area (Å²) in [7, 11) is 0. The minimum Gasteiger partial charge on any atom is -0.478 e. The number of carboxylic acids is 1. The van der Waals surface area contributed by atoms with E-state index in [9.17, 15) is 14.7 Å². The molecule has 0 aliphatic carbocycles. The molecule has 0 aliphatic heterocycles. The zero-order valence-corrected chi connectivity index (χ0v) is 12.9. The maximum Gasteiger partial charge on any atom is 0.335 e. The molecule has 1 atom stereocenters. The van der Waals surface area contributed by atoms with E-state index in [0.29, 0.717) is 5.56 Å². The number of nitrogens with one attached hydrogen (secondary N) is 1. The molecule has 6 heteroatoms. The summed E-state index contributed by atoms with van der Waals surface area (Å²) in [5.41, 5.74) is 0.149. The van der Waals surface area contributed by atoms with Crippen molar-refractivity contribution in [2.24, 2.45) is 0 Å². The van der Waals surface area contributed by atoms with Crippen molar-refractivity contribution in [1.82, 2.24) is 5.32 Å². The van der Waals surface area contributed by atoms with Crippen molar-refractivity contribution in [2.45, 2.75) is 18.9 Å². The third-order valence-electron chi connectivity index (χ3n) is 3.37. The Labute approximate surface area is 132 Å². The molecule has 3 N–H and O–H groups in total. The topological polar surface area (TPSA) is 86.6 Å². The predicted octanol–water partition coefficient (Wildman–Crippen LogP) is 2.01. The van der Waals surface area contributed by atoms with E-state index in [1.807, 2.05) is 10.8 Å². The smallest absolute Gasteiger partial charge is 0.335 e. The number of thiophene rings is 1. The van der Waals surface area contributed by atoms with Gasteiger partial charge >= 0.3 is 5.97 Å². The third kappa shape index (κ3) is 3.93. The fourth-order valence-corrected chi connectivity index (χ4v) is 2.85. The van der Waals surface area contributed by atoms with Crippen LogP contribution in [0, 0.1) is 0 Å². The highest BCUT2D eigenvalue weighted by atomic mass is 32.1. The molecule has 2 aromatic rings. The SMILES string of the molecule is CC(O)(CNC(=O)Cc1ccccc1C(=O)O)c1ccsc1. The summed E-state index contributed by atoms with van der Waals surface area (Å²) in [4.78, 5) is 23.1. The molecule has 1 amide bonds. The first kappa shape index (κ1) is 16.2. The zero-order chi connectivity index (χ0) is 16.2. The summed E-state index contributed by atoms with van der Waals surface area (Å²) >= 11 is 1.47. The molecular weight excluding hydrogens is 302 g/mol. The molecule has 1 unspecified atom stereocenters. The normalized spacial score (nSPS) is 13.4. The van der Waals surface area contributed by atoms with Crippen molar-refractivity contribution in [3.63, 3.8) is 0 Å². The van der Waals surface area contributed by atoms with Gasteiger partial charge in [-0.1, -0.05) is 18.2 Å². The molecule has 2 rings (SSSR count). The molecule has 0 saturated carbocycles. The highest BCUT2D eigenvalue weighted by molar-refractivity contribution is 7.08. The molecule has 1 aromatic heterocycles. The minimum absolute atomic E-state index is 0.0395.